The molecular formula is C18H17NO4. The summed E-state index contributed by atoms with van der Waals surface area (Å²) in [6.07, 6.45) is 1.26. The fourth-order valence-electron chi connectivity index (χ4n) is 2.94. The van der Waals surface area contributed by atoms with Crippen molar-refractivity contribution in [3.8, 4) is 0 Å². The van der Waals surface area contributed by atoms with E-state index in [1.54, 1.807) is 13.0 Å². The largest absolute Gasteiger partial charge is 0.478 e. The number of aromatic nitrogens is 1. The van der Waals surface area contributed by atoms with Gasteiger partial charge in [0.1, 0.15) is 5.58 Å². The number of carboxylic acids is 1. The van der Waals surface area contributed by atoms with Gasteiger partial charge in [0.25, 0.3) is 0 Å². The fourth-order valence-corrected chi connectivity index (χ4v) is 2.94. The lowest BCUT2D eigenvalue weighted by Crippen LogP contribution is -2.12. The highest BCUT2D eigenvalue weighted by atomic mass is 16.4. The van der Waals surface area contributed by atoms with Crippen LogP contribution in [0.15, 0.2) is 27.4 Å². The van der Waals surface area contributed by atoms with E-state index in [9.17, 15) is 14.7 Å². The molecule has 0 fully saturated rings. The van der Waals surface area contributed by atoms with Crippen LogP contribution in [0.2, 0.25) is 0 Å². The van der Waals surface area contributed by atoms with Gasteiger partial charge in [0.2, 0.25) is 5.43 Å². The second kappa shape index (κ2) is 5.50. The molecule has 0 saturated carbocycles. The second-order valence-corrected chi connectivity index (χ2v) is 5.50. The van der Waals surface area contributed by atoms with Crippen LogP contribution in [0.5, 0.6) is 0 Å². The molecule has 3 aromatic rings. The van der Waals surface area contributed by atoms with E-state index in [1.165, 1.54) is 0 Å². The molecule has 0 amide bonds. The van der Waals surface area contributed by atoms with Gasteiger partial charge >= 0.3 is 5.97 Å². The van der Waals surface area contributed by atoms with Crippen LogP contribution in [0.25, 0.3) is 22.1 Å². The van der Waals surface area contributed by atoms with Crippen molar-refractivity contribution in [3.05, 3.63) is 50.8 Å². The average molecular weight is 311 g/mol. The quantitative estimate of drug-likeness (QED) is 0.749. The highest BCUT2D eigenvalue weighted by Crippen LogP contribution is 2.26. The zero-order valence-corrected chi connectivity index (χ0v) is 13.3. The number of carboxylic acid groups (broad SMARTS) is 1. The summed E-state index contributed by atoms with van der Waals surface area (Å²) in [5, 5.41) is 9.91. The van der Waals surface area contributed by atoms with E-state index < -0.39 is 5.97 Å². The van der Waals surface area contributed by atoms with Gasteiger partial charge in [0.05, 0.1) is 16.6 Å². The third kappa shape index (κ3) is 2.29. The Balaban J connectivity index is 2.53. The number of aromatic carboxylic acids is 1. The Hall–Kier alpha value is -2.69. The normalized spacial score (nSPS) is 11.3. The molecule has 0 radical (unpaired) electrons. The van der Waals surface area contributed by atoms with E-state index >= 15 is 0 Å². The molecule has 0 saturated heterocycles. The number of fused-ring (bicyclic) bond motifs is 2. The summed E-state index contributed by atoms with van der Waals surface area (Å²) in [5.74, 6) is -1.06. The van der Waals surface area contributed by atoms with Crippen LogP contribution in [0.3, 0.4) is 0 Å². The van der Waals surface area contributed by atoms with Gasteiger partial charge in [-0.1, -0.05) is 19.9 Å². The second-order valence-electron chi connectivity index (χ2n) is 5.50. The van der Waals surface area contributed by atoms with Crippen molar-refractivity contribution < 1.29 is 14.3 Å². The summed E-state index contributed by atoms with van der Waals surface area (Å²) in [6.45, 7) is 5.46. The van der Waals surface area contributed by atoms with Crippen LogP contribution in [0.1, 0.15) is 41.0 Å². The number of hydrogen-bond donors (Lipinski definition) is 1. The molecule has 23 heavy (non-hydrogen) atoms. The van der Waals surface area contributed by atoms with Gasteiger partial charge in [0, 0.05) is 5.56 Å². The molecular weight excluding hydrogens is 294 g/mol. The van der Waals surface area contributed by atoms with Crippen molar-refractivity contribution in [1.29, 1.82) is 0 Å². The minimum Gasteiger partial charge on any atom is -0.478 e. The van der Waals surface area contributed by atoms with E-state index in [1.807, 2.05) is 26.0 Å². The molecule has 0 unspecified atom stereocenters. The number of benzene rings is 1. The van der Waals surface area contributed by atoms with Crippen molar-refractivity contribution in [2.24, 2.45) is 0 Å². The zero-order chi connectivity index (χ0) is 16.7. The summed E-state index contributed by atoms with van der Waals surface area (Å²) in [5.41, 5.74) is 2.72. The lowest BCUT2D eigenvalue weighted by atomic mass is 10.0. The average Bonchev–Trinajstić information content (AvgIpc) is 2.54. The highest BCUT2D eigenvalue weighted by molar-refractivity contribution is 5.97. The number of rotatable bonds is 3. The van der Waals surface area contributed by atoms with Gasteiger partial charge in [0.15, 0.2) is 11.1 Å². The minimum absolute atomic E-state index is 0.118. The molecule has 1 aromatic carbocycles. The number of pyridine rings is 1. The van der Waals surface area contributed by atoms with Gasteiger partial charge in [-0.25, -0.2) is 9.78 Å². The molecule has 2 aromatic heterocycles. The van der Waals surface area contributed by atoms with E-state index in [2.05, 4.69) is 4.98 Å². The molecule has 5 nitrogen and oxygen atoms in total. The maximum Gasteiger partial charge on any atom is 0.337 e. The Labute approximate surface area is 132 Å². The van der Waals surface area contributed by atoms with Crippen LogP contribution in [0.4, 0.5) is 0 Å². The van der Waals surface area contributed by atoms with Gasteiger partial charge in [-0.15, -0.1) is 0 Å². The first-order chi connectivity index (χ1) is 11.0. The molecule has 0 aliphatic heterocycles. The molecule has 1 N–H and O–H groups in total. The van der Waals surface area contributed by atoms with Crippen molar-refractivity contribution in [3.63, 3.8) is 0 Å². The van der Waals surface area contributed by atoms with Crippen molar-refractivity contribution in [2.75, 3.05) is 0 Å². The fraction of sp³-hybridized carbons (Fsp3) is 0.278. The summed E-state index contributed by atoms with van der Waals surface area (Å²) in [6, 6.07) is 5.48. The smallest absolute Gasteiger partial charge is 0.337 e. The van der Waals surface area contributed by atoms with Crippen LogP contribution in [0, 0.1) is 6.92 Å². The molecule has 118 valence electrons. The standard InChI is InChI=1S/C18H17NO4/c1-4-10-6-7-13-12(8-10)16(20)15-17(23-13)11(5-2)14(18(21)22)9(3)19-15/h6-8H,4-5H2,1-3H3,(H,21,22). The predicted octanol–water partition coefficient (Wildman–Crippen LogP) is 3.47. The first-order valence-electron chi connectivity index (χ1n) is 7.60. The SMILES string of the molecule is CCc1ccc2oc3c(CC)c(C(=O)O)c(C)nc3c(=O)c2c1. The monoisotopic (exact) mass is 311 g/mol. The number of hydrogen-bond acceptors (Lipinski definition) is 4. The molecule has 5 heteroatoms. The van der Waals surface area contributed by atoms with Crippen LogP contribution in [-0.2, 0) is 12.8 Å². The van der Waals surface area contributed by atoms with E-state index in [0.29, 0.717) is 28.6 Å². The lowest BCUT2D eigenvalue weighted by Gasteiger charge is -2.11. The number of nitrogens with zero attached hydrogens (tertiary/aromatic N) is 1. The van der Waals surface area contributed by atoms with Crippen LogP contribution >= 0.6 is 0 Å². The zero-order valence-electron chi connectivity index (χ0n) is 13.3. The Morgan fingerprint density at radius 1 is 1.26 bits per heavy atom. The summed E-state index contributed by atoms with van der Waals surface area (Å²) < 4.78 is 5.87. The van der Waals surface area contributed by atoms with Crippen molar-refractivity contribution in [2.45, 2.75) is 33.6 Å². The summed E-state index contributed by atoms with van der Waals surface area (Å²) in [4.78, 5) is 28.5. The van der Waals surface area contributed by atoms with Crippen LogP contribution < -0.4 is 5.43 Å². The molecule has 2 heterocycles. The number of carbonyl (C=O) groups is 1. The Morgan fingerprint density at radius 2 is 2.00 bits per heavy atom. The maximum atomic E-state index is 12.8. The molecule has 0 bridgehead atoms. The van der Waals surface area contributed by atoms with Crippen molar-refractivity contribution in [1.82, 2.24) is 4.98 Å². The molecule has 3 rings (SSSR count). The van der Waals surface area contributed by atoms with Gasteiger partial charge in [-0.3, -0.25) is 4.79 Å². The van der Waals surface area contributed by atoms with E-state index in [0.717, 1.165) is 12.0 Å². The Kier molecular flexibility index (Phi) is 3.64. The first-order valence-corrected chi connectivity index (χ1v) is 7.60. The van der Waals surface area contributed by atoms with Crippen molar-refractivity contribution >= 4 is 28.0 Å². The Morgan fingerprint density at radius 3 is 2.61 bits per heavy atom. The topological polar surface area (TPSA) is 80.4 Å². The van der Waals surface area contributed by atoms with Gasteiger partial charge in [-0.05, 0) is 37.5 Å². The molecule has 0 aliphatic carbocycles. The molecule has 0 aliphatic rings. The molecule has 0 atom stereocenters. The summed E-state index contributed by atoms with van der Waals surface area (Å²) in [7, 11) is 0. The first kappa shape index (κ1) is 15.2. The summed E-state index contributed by atoms with van der Waals surface area (Å²) >= 11 is 0. The van der Waals surface area contributed by atoms with Gasteiger partial charge < -0.3 is 9.52 Å². The lowest BCUT2D eigenvalue weighted by molar-refractivity contribution is 0.0694. The molecule has 0 spiro atoms. The highest BCUT2D eigenvalue weighted by Gasteiger charge is 2.21. The van der Waals surface area contributed by atoms with E-state index in [4.69, 9.17) is 4.42 Å². The van der Waals surface area contributed by atoms with E-state index in [-0.39, 0.29) is 22.1 Å². The van der Waals surface area contributed by atoms with Gasteiger partial charge in [-0.2, -0.15) is 0 Å². The third-order valence-corrected chi connectivity index (χ3v) is 4.12. The number of aryl methyl sites for hydroxylation is 3. The maximum absolute atomic E-state index is 12.8. The van der Waals surface area contributed by atoms with Crippen LogP contribution in [-0.4, -0.2) is 16.1 Å². The Bertz CT molecular complexity index is 1000. The predicted molar refractivity (Wildman–Crippen MR) is 88.2 cm³/mol. The third-order valence-electron chi connectivity index (χ3n) is 4.12. The minimum atomic E-state index is -1.06.